The molecule has 0 fully saturated rings. The number of esters is 1. The van der Waals surface area contributed by atoms with Crippen molar-refractivity contribution in [2.24, 2.45) is 0 Å². The summed E-state index contributed by atoms with van der Waals surface area (Å²) in [6.45, 7) is 7.66. The molecule has 0 saturated heterocycles. The Morgan fingerprint density at radius 1 is 0.962 bits per heavy atom. The fraction of sp³-hybridized carbons (Fsp3) is 0.261. The van der Waals surface area contributed by atoms with Gasteiger partial charge in [-0.1, -0.05) is 54.6 Å². The van der Waals surface area contributed by atoms with Crippen LogP contribution in [0.25, 0.3) is 0 Å². The van der Waals surface area contributed by atoms with Crippen molar-refractivity contribution in [2.45, 2.75) is 39.2 Å². The molecule has 26 heavy (non-hydrogen) atoms. The molecule has 0 saturated carbocycles. The van der Waals surface area contributed by atoms with Crippen molar-refractivity contribution in [3.8, 4) is 0 Å². The van der Waals surface area contributed by atoms with Crippen LogP contribution in [-0.4, -0.2) is 11.6 Å². The summed E-state index contributed by atoms with van der Waals surface area (Å²) >= 11 is 0. The van der Waals surface area contributed by atoms with E-state index in [4.69, 9.17) is 4.74 Å². The van der Waals surface area contributed by atoms with Gasteiger partial charge in [-0.05, 0) is 45.4 Å². The number of rotatable bonds is 3. The number of ether oxygens (including phenoxy) is 1. The number of hydrogen-bond acceptors (Lipinski definition) is 3. The van der Waals surface area contributed by atoms with Gasteiger partial charge in [-0.15, -0.1) is 0 Å². The zero-order valence-corrected chi connectivity index (χ0v) is 15.8. The molecule has 0 aliphatic carbocycles. The van der Waals surface area contributed by atoms with E-state index in [1.165, 1.54) is 0 Å². The summed E-state index contributed by atoms with van der Waals surface area (Å²) in [6, 6.07) is 20.1. The number of allylic oxidation sites excluding steroid dienone is 2. The molecular weight excluding hydrogens is 322 g/mol. The second-order valence-electron chi connectivity index (χ2n) is 7.44. The van der Waals surface area contributed by atoms with Crippen LogP contribution in [0.15, 0.2) is 84.2 Å². The van der Waals surface area contributed by atoms with Crippen LogP contribution < -0.4 is 4.90 Å². The van der Waals surface area contributed by atoms with E-state index in [9.17, 15) is 4.79 Å². The van der Waals surface area contributed by atoms with Gasteiger partial charge in [0.1, 0.15) is 5.60 Å². The molecule has 0 spiro atoms. The molecule has 3 rings (SSSR count). The van der Waals surface area contributed by atoms with Crippen LogP contribution in [0.1, 0.15) is 39.2 Å². The van der Waals surface area contributed by atoms with Crippen molar-refractivity contribution in [2.75, 3.05) is 4.90 Å². The zero-order chi connectivity index (χ0) is 18.7. The highest BCUT2D eigenvalue weighted by molar-refractivity contribution is 5.93. The first-order chi connectivity index (χ1) is 12.4. The lowest BCUT2D eigenvalue weighted by molar-refractivity contribution is -0.150. The first-order valence-corrected chi connectivity index (χ1v) is 8.88. The Hall–Kier alpha value is -2.81. The molecule has 0 amide bonds. The second kappa shape index (κ2) is 7.20. The van der Waals surface area contributed by atoms with Crippen LogP contribution >= 0.6 is 0 Å². The highest BCUT2D eigenvalue weighted by Gasteiger charge is 2.31. The number of nitrogens with zero attached hydrogens (tertiary/aromatic N) is 1. The maximum absolute atomic E-state index is 13.0. The molecule has 134 valence electrons. The highest BCUT2D eigenvalue weighted by Crippen LogP contribution is 2.37. The lowest BCUT2D eigenvalue weighted by Crippen LogP contribution is -2.31. The van der Waals surface area contributed by atoms with Gasteiger partial charge in [0.25, 0.3) is 0 Å². The number of anilines is 1. The van der Waals surface area contributed by atoms with Gasteiger partial charge in [-0.2, -0.15) is 0 Å². The van der Waals surface area contributed by atoms with E-state index in [1.807, 2.05) is 99.5 Å². The summed E-state index contributed by atoms with van der Waals surface area (Å²) in [4.78, 5) is 15.1. The number of carbonyl (C=O) groups excluding carboxylic acids is 1. The minimum Gasteiger partial charge on any atom is -0.457 e. The fourth-order valence-electron chi connectivity index (χ4n) is 3.15. The zero-order valence-electron chi connectivity index (χ0n) is 15.8. The van der Waals surface area contributed by atoms with Crippen LogP contribution in [0.5, 0.6) is 0 Å². The molecule has 3 heteroatoms. The average molecular weight is 347 g/mol. The van der Waals surface area contributed by atoms with Gasteiger partial charge >= 0.3 is 5.97 Å². The van der Waals surface area contributed by atoms with E-state index in [1.54, 1.807) is 0 Å². The summed E-state index contributed by atoms with van der Waals surface area (Å²) in [7, 11) is 0. The third kappa shape index (κ3) is 3.88. The highest BCUT2D eigenvalue weighted by atomic mass is 16.6. The van der Waals surface area contributed by atoms with E-state index in [-0.39, 0.29) is 11.9 Å². The third-order valence-electron chi connectivity index (χ3n) is 4.30. The lowest BCUT2D eigenvalue weighted by Gasteiger charge is -2.32. The first kappa shape index (κ1) is 18.0. The van der Waals surface area contributed by atoms with E-state index in [0.717, 1.165) is 16.9 Å². The summed E-state index contributed by atoms with van der Waals surface area (Å²) < 4.78 is 5.73. The Morgan fingerprint density at radius 3 is 2.12 bits per heavy atom. The smallest absolute Gasteiger partial charge is 0.337 e. The van der Waals surface area contributed by atoms with Crippen LogP contribution in [0.2, 0.25) is 0 Å². The molecule has 1 unspecified atom stereocenters. The van der Waals surface area contributed by atoms with E-state index < -0.39 is 5.60 Å². The fourth-order valence-corrected chi connectivity index (χ4v) is 3.15. The monoisotopic (exact) mass is 347 g/mol. The number of carbonyl (C=O) groups is 1. The normalized spacial score (nSPS) is 17.4. The summed E-state index contributed by atoms with van der Waals surface area (Å²) in [5.74, 6) is -0.389. The molecule has 3 nitrogen and oxygen atoms in total. The Labute approximate surface area is 155 Å². The Kier molecular flexibility index (Phi) is 4.99. The minimum absolute atomic E-state index is 0.119. The number of benzene rings is 2. The largest absolute Gasteiger partial charge is 0.457 e. The van der Waals surface area contributed by atoms with E-state index in [2.05, 4.69) is 6.08 Å². The molecule has 2 aromatic rings. The van der Waals surface area contributed by atoms with Gasteiger partial charge in [0, 0.05) is 23.5 Å². The lowest BCUT2D eigenvalue weighted by atomic mass is 9.87. The minimum atomic E-state index is -0.537. The van der Waals surface area contributed by atoms with Gasteiger partial charge in [0.05, 0.1) is 5.57 Å². The number of para-hydroxylation sites is 1. The van der Waals surface area contributed by atoms with Gasteiger partial charge in [0.15, 0.2) is 0 Å². The van der Waals surface area contributed by atoms with Gasteiger partial charge in [-0.3, -0.25) is 0 Å². The maximum Gasteiger partial charge on any atom is 0.337 e. The Balaban J connectivity index is 2.06. The molecule has 0 N–H and O–H groups in total. The third-order valence-corrected chi connectivity index (χ3v) is 4.30. The van der Waals surface area contributed by atoms with Crippen LogP contribution in [0.3, 0.4) is 0 Å². The van der Waals surface area contributed by atoms with Crippen molar-refractivity contribution >= 4 is 11.7 Å². The molecule has 2 aromatic carbocycles. The van der Waals surface area contributed by atoms with Crippen LogP contribution in [0.4, 0.5) is 5.69 Å². The molecule has 0 aromatic heterocycles. The van der Waals surface area contributed by atoms with Crippen molar-refractivity contribution in [3.05, 3.63) is 89.8 Å². The quantitative estimate of drug-likeness (QED) is 0.694. The second-order valence-corrected chi connectivity index (χ2v) is 7.44. The van der Waals surface area contributed by atoms with Gasteiger partial charge in [0.2, 0.25) is 0 Å². The molecule has 1 aliphatic rings. The Bertz CT molecular complexity index is 830. The van der Waals surface area contributed by atoms with Crippen molar-refractivity contribution in [1.29, 1.82) is 0 Å². The molecule has 1 heterocycles. The molecule has 1 atom stereocenters. The van der Waals surface area contributed by atoms with E-state index in [0.29, 0.717) is 5.57 Å². The predicted molar refractivity (Wildman–Crippen MR) is 106 cm³/mol. The van der Waals surface area contributed by atoms with E-state index >= 15 is 0 Å². The van der Waals surface area contributed by atoms with Crippen molar-refractivity contribution in [1.82, 2.24) is 0 Å². The molecular formula is C23H25NO2. The summed E-state index contributed by atoms with van der Waals surface area (Å²) in [5.41, 5.74) is 3.13. The number of hydrogen-bond donors (Lipinski definition) is 0. The average Bonchev–Trinajstić information content (AvgIpc) is 2.61. The van der Waals surface area contributed by atoms with Crippen LogP contribution in [-0.2, 0) is 9.53 Å². The van der Waals surface area contributed by atoms with Gasteiger partial charge < -0.3 is 9.64 Å². The molecule has 1 aliphatic heterocycles. The SMILES string of the molecule is CC1=C(C(=O)OC(C)(C)C)C(c2ccccc2)C=CN1c1ccccc1. The van der Waals surface area contributed by atoms with Crippen molar-refractivity contribution in [3.63, 3.8) is 0 Å². The summed E-state index contributed by atoms with van der Waals surface area (Å²) in [5, 5.41) is 0. The standard InChI is InChI=1S/C23H25NO2/c1-17-21(22(25)26-23(2,3)4)20(18-11-7-5-8-12-18)15-16-24(17)19-13-9-6-10-14-19/h5-16,20H,1-4H3. The van der Waals surface area contributed by atoms with Gasteiger partial charge in [-0.25, -0.2) is 4.79 Å². The molecule has 0 radical (unpaired) electrons. The Morgan fingerprint density at radius 2 is 1.54 bits per heavy atom. The van der Waals surface area contributed by atoms with Crippen LogP contribution in [0, 0.1) is 0 Å². The topological polar surface area (TPSA) is 29.5 Å². The summed E-state index contributed by atoms with van der Waals surface area (Å²) in [6.07, 6.45) is 4.10. The maximum atomic E-state index is 13.0. The predicted octanol–water partition coefficient (Wildman–Crippen LogP) is 5.42. The van der Waals surface area contributed by atoms with Crippen molar-refractivity contribution < 1.29 is 9.53 Å². The molecule has 0 bridgehead atoms. The first-order valence-electron chi connectivity index (χ1n) is 8.88.